The molecule has 1 aliphatic rings. The van der Waals surface area contributed by atoms with Crippen LogP contribution in [0.25, 0.3) is 0 Å². The topological polar surface area (TPSA) is 48.4 Å². The van der Waals surface area contributed by atoms with E-state index in [-0.39, 0.29) is 12.1 Å². The highest BCUT2D eigenvalue weighted by atomic mass is 32.1. The summed E-state index contributed by atoms with van der Waals surface area (Å²) in [6.45, 7) is 3.08. The average Bonchev–Trinajstić information content (AvgIpc) is 2.88. The van der Waals surface area contributed by atoms with E-state index < -0.39 is 0 Å². The smallest absolute Gasteiger partial charge is 0.350 e. The van der Waals surface area contributed by atoms with E-state index in [4.69, 9.17) is 9.47 Å². The number of hydrogen-bond donors (Lipinski definition) is 0. The molecule has 0 unspecified atom stereocenters. The predicted molar refractivity (Wildman–Crippen MR) is 60.7 cm³/mol. The molecule has 1 saturated heterocycles. The molecule has 1 aliphatic heterocycles. The summed E-state index contributed by atoms with van der Waals surface area (Å²) >= 11 is 1.32. The average molecular weight is 241 g/mol. The molecule has 0 bridgehead atoms. The van der Waals surface area contributed by atoms with Gasteiger partial charge in [0, 0.05) is 13.0 Å². The normalized spacial score (nSPS) is 19.9. The van der Waals surface area contributed by atoms with Gasteiger partial charge >= 0.3 is 5.97 Å². The second-order valence-corrected chi connectivity index (χ2v) is 4.68. The highest BCUT2D eigenvalue weighted by Gasteiger charge is 2.17. The third kappa shape index (κ3) is 2.80. The molecule has 1 aromatic rings. The molecule has 0 radical (unpaired) electrons. The van der Waals surface area contributed by atoms with Crippen LogP contribution in [0.3, 0.4) is 0 Å². The van der Waals surface area contributed by atoms with Crippen LogP contribution in [0.15, 0.2) is 5.51 Å². The second-order valence-electron chi connectivity index (χ2n) is 3.83. The molecule has 0 spiro atoms. The van der Waals surface area contributed by atoms with Crippen LogP contribution in [0.1, 0.15) is 34.6 Å². The van der Waals surface area contributed by atoms with Crippen LogP contribution in [0.4, 0.5) is 0 Å². The summed E-state index contributed by atoms with van der Waals surface area (Å²) in [7, 11) is 0. The largest absolute Gasteiger partial charge is 0.461 e. The summed E-state index contributed by atoms with van der Waals surface area (Å²) in [6.07, 6.45) is 3.27. The van der Waals surface area contributed by atoms with Crippen molar-refractivity contribution >= 4 is 17.3 Å². The van der Waals surface area contributed by atoms with Gasteiger partial charge in [0.15, 0.2) is 0 Å². The Kier molecular flexibility index (Phi) is 3.90. The SMILES string of the molecule is Cc1ncsc1C(=O)OCC[C@@H]1CCCO1. The molecule has 1 aromatic heterocycles. The molecule has 1 atom stereocenters. The Balaban J connectivity index is 1.73. The third-order valence-electron chi connectivity index (χ3n) is 2.63. The number of thiazole rings is 1. The number of nitrogens with zero attached hydrogens (tertiary/aromatic N) is 1. The fourth-order valence-electron chi connectivity index (χ4n) is 1.72. The molecule has 88 valence electrons. The molecule has 2 heterocycles. The number of carbonyl (C=O) groups is 1. The maximum Gasteiger partial charge on any atom is 0.350 e. The lowest BCUT2D eigenvalue weighted by Gasteiger charge is -2.09. The van der Waals surface area contributed by atoms with Crippen molar-refractivity contribution in [1.82, 2.24) is 4.98 Å². The number of esters is 1. The first kappa shape index (κ1) is 11.5. The van der Waals surface area contributed by atoms with Crippen LogP contribution in [-0.4, -0.2) is 30.3 Å². The van der Waals surface area contributed by atoms with Crippen molar-refractivity contribution in [3.63, 3.8) is 0 Å². The van der Waals surface area contributed by atoms with E-state index in [1.807, 2.05) is 6.92 Å². The zero-order valence-corrected chi connectivity index (χ0v) is 10.1. The molecule has 4 nitrogen and oxygen atoms in total. The van der Waals surface area contributed by atoms with Crippen molar-refractivity contribution < 1.29 is 14.3 Å². The van der Waals surface area contributed by atoms with Gasteiger partial charge in [-0.3, -0.25) is 0 Å². The number of rotatable bonds is 4. The first-order valence-electron chi connectivity index (χ1n) is 5.46. The lowest BCUT2D eigenvalue weighted by molar-refractivity contribution is 0.0390. The Bertz CT molecular complexity index is 358. The number of aryl methyl sites for hydroxylation is 1. The van der Waals surface area contributed by atoms with Crippen LogP contribution < -0.4 is 0 Å². The molecule has 2 rings (SSSR count). The number of ether oxygens (including phenoxy) is 2. The maximum absolute atomic E-state index is 11.6. The molecule has 0 amide bonds. The van der Waals surface area contributed by atoms with E-state index in [1.165, 1.54) is 11.3 Å². The molecule has 0 aromatic carbocycles. The molecular formula is C11H15NO3S. The minimum Gasteiger partial charge on any atom is -0.461 e. The minimum absolute atomic E-state index is 0.266. The van der Waals surface area contributed by atoms with E-state index in [1.54, 1.807) is 5.51 Å². The highest BCUT2D eigenvalue weighted by molar-refractivity contribution is 7.11. The maximum atomic E-state index is 11.6. The highest BCUT2D eigenvalue weighted by Crippen LogP contribution is 2.17. The Morgan fingerprint density at radius 2 is 2.62 bits per heavy atom. The van der Waals surface area contributed by atoms with Crippen molar-refractivity contribution in [3.05, 3.63) is 16.1 Å². The Labute approximate surface area is 98.6 Å². The molecule has 0 saturated carbocycles. The second kappa shape index (κ2) is 5.41. The van der Waals surface area contributed by atoms with Crippen LogP contribution in [0, 0.1) is 6.92 Å². The quantitative estimate of drug-likeness (QED) is 0.758. The van der Waals surface area contributed by atoms with Gasteiger partial charge in [0.2, 0.25) is 0 Å². The molecule has 16 heavy (non-hydrogen) atoms. The van der Waals surface area contributed by atoms with Gasteiger partial charge in [-0.15, -0.1) is 11.3 Å². The van der Waals surface area contributed by atoms with Crippen molar-refractivity contribution in [3.8, 4) is 0 Å². The number of hydrogen-bond acceptors (Lipinski definition) is 5. The fraction of sp³-hybridized carbons (Fsp3) is 0.636. The van der Waals surface area contributed by atoms with Gasteiger partial charge in [-0.25, -0.2) is 9.78 Å². The van der Waals surface area contributed by atoms with Gasteiger partial charge in [-0.2, -0.15) is 0 Å². The van der Waals surface area contributed by atoms with Crippen molar-refractivity contribution in [2.75, 3.05) is 13.2 Å². The van der Waals surface area contributed by atoms with E-state index >= 15 is 0 Å². The lowest BCUT2D eigenvalue weighted by Crippen LogP contribution is -2.12. The zero-order valence-electron chi connectivity index (χ0n) is 9.27. The van der Waals surface area contributed by atoms with Gasteiger partial charge < -0.3 is 9.47 Å². The van der Waals surface area contributed by atoms with Gasteiger partial charge in [0.1, 0.15) is 4.88 Å². The molecule has 0 aliphatic carbocycles. The summed E-state index contributed by atoms with van der Waals surface area (Å²) in [5.41, 5.74) is 2.40. The van der Waals surface area contributed by atoms with E-state index in [0.29, 0.717) is 11.5 Å². The van der Waals surface area contributed by atoms with Gasteiger partial charge in [0.25, 0.3) is 0 Å². The predicted octanol–water partition coefficient (Wildman–Crippen LogP) is 2.18. The van der Waals surface area contributed by atoms with Crippen LogP contribution in [0.5, 0.6) is 0 Å². The zero-order chi connectivity index (χ0) is 11.4. The Hall–Kier alpha value is -0.940. The van der Waals surface area contributed by atoms with Crippen LogP contribution in [0.2, 0.25) is 0 Å². The van der Waals surface area contributed by atoms with E-state index in [0.717, 1.165) is 31.6 Å². The first-order chi connectivity index (χ1) is 7.77. The summed E-state index contributed by atoms with van der Waals surface area (Å²) in [5, 5.41) is 0. The van der Waals surface area contributed by atoms with E-state index in [2.05, 4.69) is 4.98 Å². The van der Waals surface area contributed by atoms with Crippen LogP contribution in [-0.2, 0) is 9.47 Å². The summed E-state index contributed by atoms with van der Waals surface area (Å²) in [6, 6.07) is 0. The summed E-state index contributed by atoms with van der Waals surface area (Å²) in [5.74, 6) is -0.266. The number of carbonyl (C=O) groups excluding carboxylic acids is 1. The Morgan fingerprint density at radius 1 is 1.75 bits per heavy atom. The minimum atomic E-state index is -0.266. The Morgan fingerprint density at radius 3 is 3.25 bits per heavy atom. The molecular weight excluding hydrogens is 226 g/mol. The first-order valence-corrected chi connectivity index (χ1v) is 6.34. The van der Waals surface area contributed by atoms with Gasteiger partial charge in [0.05, 0.1) is 23.9 Å². The summed E-state index contributed by atoms with van der Waals surface area (Å²) < 4.78 is 10.6. The summed E-state index contributed by atoms with van der Waals surface area (Å²) in [4.78, 5) is 16.2. The van der Waals surface area contributed by atoms with Crippen molar-refractivity contribution in [1.29, 1.82) is 0 Å². The van der Waals surface area contributed by atoms with Gasteiger partial charge in [-0.1, -0.05) is 0 Å². The lowest BCUT2D eigenvalue weighted by atomic mass is 10.2. The monoisotopic (exact) mass is 241 g/mol. The third-order valence-corrected chi connectivity index (χ3v) is 3.54. The van der Waals surface area contributed by atoms with Crippen molar-refractivity contribution in [2.24, 2.45) is 0 Å². The molecule has 0 N–H and O–H groups in total. The fourth-order valence-corrected chi connectivity index (χ4v) is 2.41. The van der Waals surface area contributed by atoms with Crippen molar-refractivity contribution in [2.45, 2.75) is 32.3 Å². The van der Waals surface area contributed by atoms with Gasteiger partial charge in [-0.05, 0) is 19.8 Å². The molecule has 1 fully saturated rings. The van der Waals surface area contributed by atoms with E-state index in [9.17, 15) is 4.79 Å². The standard InChI is InChI=1S/C11H15NO3S/c1-8-10(16-7-12-8)11(13)15-6-4-9-3-2-5-14-9/h7,9H,2-6H2,1H3/t9-/m0/s1. The molecule has 5 heteroatoms. The number of aromatic nitrogens is 1. The van der Waals surface area contributed by atoms with Crippen LogP contribution >= 0.6 is 11.3 Å².